The molecule has 2 aliphatic rings. The van der Waals surface area contributed by atoms with Crippen LogP contribution < -0.4 is 10.1 Å². The summed E-state index contributed by atoms with van der Waals surface area (Å²) >= 11 is 0. The molecular formula is C24H26F2N8O2. The zero-order chi connectivity index (χ0) is 25.0. The maximum absolute atomic E-state index is 13.0. The SMILES string of the molecule is COc1nc(NC2C[C@@H]3CN(C(C)=O)C[C@@H]3C2)nc2[nH]cc(-c3ccc4nnn(CC(F)F)c4c3)c12. The van der Waals surface area contributed by atoms with Gasteiger partial charge in [0, 0.05) is 37.8 Å². The minimum absolute atomic E-state index is 0.142. The molecule has 0 spiro atoms. The second-order valence-electron chi connectivity index (χ2n) is 9.61. The third kappa shape index (κ3) is 3.90. The van der Waals surface area contributed by atoms with E-state index >= 15 is 0 Å². The molecule has 4 aromatic rings. The van der Waals surface area contributed by atoms with Gasteiger partial charge in [-0.25, -0.2) is 13.5 Å². The highest BCUT2D eigenvalue weighted by Gasteiger charge is 2.41. The zero-order valence-electron chi connectivity index (χ0n) is 19.9. The number of ether oxygens (including phenoxy) is 1. The average Bonchev–Trinajstić information content (AvgIpc) is 3.60. The van der Waals surface area contributed by atoms with E-state index < -0.39 is 13.0 Å². The number of nitrogens with one attached hydrogen (secondary N) is 2. The smallest absolute Gasteiger partial charge is 0.258 e. The number of H-pyrrole nitrogens is 1. The Balaban J connectivity index is 1.28. The first-order chi connectivity index (χ1) is 17.4. The first-order valence-electron chi connectivity index (χ1n) is 12.0. The number of aromatic nitrogens is 6. The van der Waals surface area contributed by atoms with E-state index in [9.17, 15) is 13.6 Å². The van der Waals surface area contributed by atoms with Crippen molar-refractivity contribution in [2.45, 2.75) is 38.8 Å². The number of hydrogen-bond acceptors (Lipinski definition) is 7. The third-order valence-electron chi connectivity index (χ3n) is 7.36. The molecule has 6 rings (SSSR count). The molecule has 1 aliphatic heterocycles. The van der Waals surface area contributed by atoms with Gasteiger partial charge in [0.05, 0.1) is 18.0 Å². The number of anilines is 1. The molecule has 1 saturated carbocycles. The van der Waals surface area contributed by atoms with Crippen molar-refractivity contribution in [1.82, 2.24) is 34.8 Å². The number of aromatic amines is 1. The molecule has 12 heteroatoms. The van der Waals surface area contributed by atoms with Crippen molar-refractivity contribution in [3.63, 3.8) is 0 Å². The standard InChI is InChI=1S/C24H26F2N8O2/c1-12(35)33-9-14-5-16(6-15(14)10-33)28-24-29-22-21(23(30-24)36-2)17(8-27-22)13-3-4-18-19(7-13)34(32-31-18)11-20(25)26/h3-4,7-8,14-16,20H,5-6,9-11H2,1-2H3,(H2,27,28,29,30)/t14-,15+,16?. The molecular weight excluding hydrogens is 470 g/mol. The lowest BCUT2D eigenvalue weighted by molar-refractivity contribution is -0.128. The summed E-state index contributed by atoms with van der Waals surface area (Å²) < 4.78 is 32.8. The summed E-state index contributed by atoms with van der Waals surface area (Å²) in [5.74, 6) is 2.03. The molecule has 3 atom stereocenters. The van der Waals surface area contributed by atoms with E-state index in [1.165, 1.54) is 4.68 Å². The Bertz CT molecular complexity index is 1440. The molecule has 1 aliphatic carbocycles. The molecule has 1 unspecified atom stereocenters. The number of benzene rings is 1. The van der Waals surface area contributed by atoms with Crippen LogP contribution in [0, 0.1) is 11.8 Å². The van der Waals surface area contributed by atoms with Crippen LogP contribution in [0.5, 0.6) is 5.88 Å². The lowest BCUT2D eigenvalue weighted by atomic mass is 10.0. The zero-order valence-corrected chi connectivity index (χ0v) is 19.9. The van der Waals surface area contributed by atoms with E-state index in [-0.39, 0.29) is 11.9 Å². The maximum atomic E-state index is 13.0. The van der Waals surface area contributed by atoms with Gasteiger partial charge in [-0.15, -0.1) is 5.10 Å². The van der Waals surface area contributed by atoms with Crippen LogP contribution in [-0.4, -0.2) is 73.4 Å². The van der Waals surface area contributed by atoms with Crippen molar-refractivity contribution in [3.05, 3.63) is 24.4 Å². The number of methoxy groups -OCH3 is 1. The van der Waals surface area contributed by atoms with Gasteiger partial charge in [0.2, 0.25) is 17.7 Å². The molecule has 3 aromatic heterocycles. The van der Waals surface area contributed by atoms with Crippen molar-refractivity contribution in [3.8, 4) is 17.0 Å². The maximum Gasteiger partial charge on any atom is 0.258 e. The van der Waals surface area contributed by atoms with Crippen molar-refractivity contribution in [2.75, 3.05) is 25.5 Å². The van der Waals surface area contributed by atoms with Gasteiger partial charge >= 0.3 is 0 Å². The normalized spacial score (nSPS) is 21.6. The van der Waals surface area contributed by atoms with Crippen LogP contribution in [0.2, 0.25) is 0 Å². The average molecular weight is 497 g/mol. The van der Waals surface area contributed by atoms with Crippen molar-refractivity contribution in [1.29, 1.82) is 0 Å². The lowest BCUT2D eigenvalue weighted by Gasteiger charge is -2.18. The number of halogens is 2. The van der Waals surface area contributed by atoms with Gasteiger partial charge in [0.25, 0.3) is 6.43 Å². The second-order valence-corrected chi connectivity index (χ2v) is 9.61. The molecule has 1 aromatic carbocycles. The lowest BCUT2D eigenvalue weighted by Crippen LogP contribution is -2.29. The van der Waals surface area contributed by atoms with Crippen LogP contribution in [0.1, 0.15) is 19.8 Å². The van der Waals surface area contributed by atoms with E-state index in [4.69, 9.17) is 4.74 Å². The molecule has 4 heterocycles. The number of carbonyl (C=O) groups is 1. The Hall–Kier alpha value is -3.83. The number of carbonyl (C=O) groups excluding carboxylic acids is 1. The molecule has 1 saturated heterocycles. The van der Waals surface area contributed by atoms with Gasteiger partial charge in [-0.05, 0) is 42.4 Å². The number of amides is 1. The van der Waals surface area contributed by atoms with E-state index in [1.807, 2.05) is 17.2 Å². The first kappa shape index (κ1) is 22.6. The van der Waals surface area contributed by atoms with Crippen LogP contribution in [-0.2, 0) is 11.3 Å². The molecule has 0 radical (unpaired) electrons. The van der Waals surface area contributed by atoms with Gasteiger partial charge in [-0.3, -0.25) is 4.79 Å². The fraction of sp³-hybridized carbons (Fsp3) is 0.458. The van der Waals surface area contributed by atoms with Gasteiger partial charge in [-0.1, -0.05) is 11.3 Å². The fourth-order valence-electron chi connectivity index (χ4n) is 5.70. The summed E-state index contributed by atoms with van der Waals surface area (Å²) in [5.41, 5.74) is 3.25. The summed E-state index contributed by atoms with van der Waals surface area (Å²) in [6.07, 6.45) is 1.21. The van der Waals surface area contributed by atoms with Crippen LogP contribution >= 0.6 is 0 Å². The minimum atomic E-state index is -2.53. The quantitative estimate of drug-likeness (QED) is 0.421. The number of fused-ring (bicyclic) bond motifs is 3. The van der Waals surface area contributed by atoms with E-state index in [1.54, 1.807) is 26.2 Å². The number of likely N-dealkylation sites (tertiary alicyclic amines) is 1. The van der Waals surface area contributed by atoms with Crippen LogP contribution in [0.3, 0.4) is 0 Å². The topological polar surface area (TPSA) is 114 Å². The Labute approximate surface area is 205 Å². The largest absolute Gasteiger partial charge is 0.480 e. The van der Waals surface area contributed by atoms with Crippen LogP contribution in [0.4, 0.5) is 14.7 Å². The molecule has 1 amide bonds. The Morgan fingerprint density at radius 2 is 2.03 bits per heavy atom. The van der Waals surface area contributed by atoms with Crippen molar-refractivity contribution in [2.24, 2.45) is 11.8 Å². The Morgan fingerprint density at radius 3 is 2.72 bits per heavy atom. The highest BCUT2D eigenvalue weighted by atomic mass is 19.3. The second kappa shape index (κ2) is 8.68. The molecule has 10 nitrogen and oxygen atoms in total. The van der Waals surface area contributed by atoms with Crippen molar-refractivity contribution >= 4 is 33.9 Å². The van der Waals surface area contributed by atoms with E-state index in [0.29, 0.717) is 45.7 Å². The van der Waals surface area contributed by atoms with Gasteiger partial charge in [-0.2, -0.15) is 9.97 Å². The monoisotopic (exact) mass is 496 g/mol. The van der Waals surface area contributed by atoms with Crippen molar-refractivity contribution < 1.29 is 18.3 Å². The van der Waals surface area contributed by atoms with Gasteiger partial charge in [0.1, 0.15) is 17.7 Å². The molecule has 188 valence electrons. The third-order valence-corrected chi connectivity index (χ3v) is 7.36. The molecule has 0 bridgehead atoms. The Kier molecular flexibility index (Phi) is 5.45. The molecule has 36 heavy (non-hydrogen) atoms. The summed E-state index contributed by atoms with van der Waals surface area (Å²) in [6.45, 7) is 2.74. The number of alkyl halides is 2. The van der Waals surface area contributed by atoms with E-state index in [2.05, 4.69) is 30.6 Å². The summed E-state index contributed by atoms with van der Waals surface area (Å²) in [4.78, 5) is 26.1. The van der Waals surface area contributed by atoms with E-state index in [0.717, 1.165) is 37.1 Å². The minimum Gasteiger partial charge on any atom is -0.480 e. The predicted octanol–water partition coefficient (Wildman–Crippen LogP) is 3.31. The highest BCUT2D eigenvalue weighted by Crippen LogP contribution is 2.40. The van der Waals surface area contributed by atoms with Crippen LogP contribution in [0.15, 0.2) is 24.4 Å². The summed E-state index contributed by atoms with van der Waals surface area (Å²) in [6, 6.07) is 5.63. The first-order valence-corrected chi connectivity index (χ1v) is 12.0. The summed E-state index contributed by atoms with van der Waals surface area (Å²) in [5, 5.41) is 12.0. The number of hydrogen-bond donors (Lipinski definition) is 2. The number of nitrogens with zero attached hydrogens (tertiary/aromatic N) is 6. The van der Waals surface area contributed by atoms with Gasteiger partial charge < -0.3 is 19.9 Å². The Morgan fingerprint density at radius 1 is 1.25 bits per heavy atom. The summed E-state index contributed by atoms with van der Waals surface area (Å²) in [7, 11) is 1.56. The molecule has 2 fully saturated rings. The molecule has 2 N–H and O–H groups in total. The van der Waals surface area contributed by atoms with Crippen LogP contribution in [0.25, 0.3) is 33.2 Å². The number of rotatable bonds is 6. The fourth-order valence-corrected chi connectivity index (χ4v) is 5.70. The predicted molar refractivity (Wildman–Crippen MR) is 129 cm³/mol. The highest BCUT2D eigenvalue weighted by molar-refractivity contribution is 5.99. The van der Waals surface area contributed by atoms with Gasteiger partial charge in [0.15, 0.2) is 0 Å².